The van der Waals surface area contributed by atoms with Crippen molar-refractivity contribution in [3.63, 3.8) is 0 Å². The highest BCUT2D eigenvalue weighted by atomic mass is 79.9. The summed E-state index contributed by atoms with van der Waals surface area (Å²) in [7, 11) is 6.69. The second-order valence-corrected chi connectivity index (χ2v) is 5.10. The fraction of sp³-hybridized carbons (Fsp3) is 1.00. The molecular weight excluding hydrogens is 190 g/mol. The normalized spacial score (nSPS) is 15.3. The third-order valence-corrected chi connectivity index (χ3v) is 2.66. The lowest BCUT2D eigenvalue weighted by molar-refractivity contribution is -0.870. The molecule has 0 radical (unpaired) electrons. The Labute approximate surface area is 73.1 Å². The summed E-state index contributed by atoms with van der Waals surface area (Å²) in [4.78, 5) is 0.713. The Morgan fingerprint density at radius 3 is 2.10 bits per heavy atom. The Balaban J connectivity index is 3.36. The first kappa shape index (κ1) is 10.4. The lowest BCUT2D eigenvalue weighted by Gasteiger charge is -2.24. The molecule has 1 nitrogen and oxygen atoms in total. The van der Waals surface area contributed by atoms with E-state index in [0.717, 1.165) is 4.48 Å². The van der Waals surface area contributed by atoms with Crippen LogP contribution in [0.5, 0.6) is 0 Å². The van der Waals surface area contributed by atoms with Gasteiger partial charge in [-0.05, 0) is 6.42 Å². The first-order chi connectivity index (χ1) is 4.45. The minimum atomic E-state index is 0.713. The minimum Gasteiger partial charge on any atom is -0.331 e. The van der Waals surface area contributed by atoms with E-state index in [9.17, 15) is 0 Å². The number of quaternary nitrogens is 1. The molecule has 1 unspecified atom stereocenters. The molecule has 0 aliphatic rings. The lowest BCUT2D eigenvalue weighted by atomic mass is 10.2. The zero-order valence-corrected chi connectivity index (χ0v) is 9.11. The molecule has 0 bridgehead atoms. The van der Waals surface area contributed by atoms with Crippen molar-refractivity contribution < 1.29 is 4.48 Å². The maximum absolute atomic E-state index is 3.62. The van der Waals surface area contributed by atoms with Gasteiger partial charge in [-0.2, -0.15) is 0 Å². The molecule has 0 saturated heterocycles. The van der Waals surface area contributed by atoms with E-state index in [-0.39, 0.29) is 0 Å². The van der Waals surface area contributed by atoms with E-state index in [1.807, 2.05) is 0 Å². The van der Waals surface area contributed by atoms with Crippen molar-refractivity contribution in [1.29, 1.82) is 0 Å². The van der Waals surface area contributed by atoms with E-state index >= 15 is 0 Å². The molecule has 1 atom stereocenters. The molecule has 0 heterocycles. The Hall–Kier alpha value is 0.440. The van der Waals surface area contributed by atoms with E-state index in [4.69, 9.17) is 0 Å². The SMILES string of the molecule is CCC(Br)CC[N+](C)(C)C. The monoisotopic (exact) mass is 208 g/mol. The highest BCUT2D eigenvalue weighted by Gasteiger charge is 2.09. The Morgan fingerprint density at radius 2 is 1.80 bits per heavy atom. The highest BCUT2D eigenvalue weighted by Crippen LogP contribution is 2.10. The topological polar surface area (TPSA) is 0 Å². The van der Waals surface area contributed by atoms with Crippen LogP contribution in [0.15, 0.2) is 0 Å². The maximum atomic E-state index is 3.62. The van der Waals surface area contributed by atoms with E-state index < -0.39 is 0 Å². The summed E-state index contributed by atoms with van der Waals surface area (Å²) in [5.41, 5.74) is 0. The van der Waals surface area contributed by atoms with E-state index in [1.54, 1.807) is 0 Å². The van der Waals surface area contributed by atoms with Crippen LogP contribution in [0, 0.1) is 0 Å². The average molecular weight is 209 g/mol. The van der Waals surface area contributed by atoms with Crippen molar-refractivity contribution in [3.05, 3.63) is 0 Å². The van der Waals surface area contributed by atoms with Gasteiger partial charge in [0.1, 0.15) is 0 Å². The molecule has 62 valence electrons. The second-order valence-electron chi connectivity index (χ2n) is 3.81. The van der Waals surface area contributed by atoms with Gasteiger partial charge in [0.25, 0.3) is 0 Å². The molecule has 0 aromatic heterocycles. The zero-order valence-electron chi connectivity index (χ0n) is 7.52. The second kappa shape index (κ2) is 4.35. The van der Waals surface area contributed by atoms with Crippen LogP contribution in [0.25, 0.3) is 0 Å². The molecule has 0 aliphatic heterocycles. The van der Waals surface area contributed by atoms with Crippen molar-refractivity contribution in [3.8, 4) is 0 Å². The van der Waals surface area contributed by atoms with Crippen LogP contribution in [0.3, 0.4) is 0 Å². The Bertz CT molecular complexity index is 85.7. The van der Waals surface area contributed by atoms with Gasteiger partial charge in [0.2, 0.25) is 0 Å². The summed E-state index contributed by atoms with van der Waals surface area (Å²) in [6.45, 7) is 3.47. The molecule has 10 heavy (non-hydrogen) atoms. The van der Waals surface area contributed by atoms with Crippen LogP contribution in [0.2, 0.25) is 0 Å². The molecule has 0 spiro atoms. The smallest absolute Gasteiger partial charge is 0.0791 e. The fourth-order valence-electron chi connectivity index (χ4n) is 0.732. The van der Waals surface area contributed by atoms with Gasteiger partial charge in [0.05, 0.1) is 27.7 Å². The van der Waals surface area contributed by atoms with E-state index in [1.165, 1.54) is 19.4 Å². The van der Waals surface area contributed by atoms with E-state index in [0.29, 0.717) is 4.83 Å². The van der Waals surface area contributed by atoms with Gasteiger partial charge >= 0.3 is 0 Å². The third-order valence-electron chi connectivity index (χ3n) is 1.56. The Morgan fingerprint density at radius 1 is 1.30 bits per heavy atom. The van der Waals surface area contributed by atoms with Crippen molar-refractivity contribution in [1.82, 2.24) is 0 Å². The van der Waals surface area contributed by atoms with Crippen molar-refractivity contribution in [2.75, 3.05) is 27.7 Å². The molecule has 0 amide bonds. The quantitative estimate of drug-likeness (QED) is 0.492. The van der Waals surface area contributed by atoms with Gasteiger partial charge in [0, 0.05) is 11.2 Å². The third kappa shape index (κ3) is 6.56. The maximum Gasteiger partial charge on any atom is 0.0791 e. The van der Waals surface area contributed by atoms with Crippen LogP contribution >= 0.6 is 15.9 Å². The van der Waals surface area contributed by atoms with Crippen LogP contribution in [-0.2, 0) is 0 Å². The first-order valence-corrected chi connectivity index (χ1v) is 4.82. The van der Waals surface area contributed by atoms with E-state index in [2.05, 4.69) is 44.0 Å². The van der Waals surface area contributed by atoms with Crippen LogP contribution in [-0.4, -0.2) is 37.0 Å². The largest absolute Gasteiger partial charge is 0.331 e. The number of alkyl halides is 1. The molecule has 0 rings (SSSR count). The summed E-state index contributed by atoms with van der Waals surface area (Å²) in [5.74, 6) is 0. The first-order valence-electron chi connectivity index (χ1n) is 3.90. The summed E-state index contributed by atoms with van der Waals surface area (Å²) >= 11 is 3.62. The van der Waals surface area contributed by atoms with Crippen LogP contribution < -0.4 is 0 Å². The van der Waals surface area contributed by atoms with Gasteiger partial charge in [-0.25, -0.2) is 0 Å². The molecule has 0 fully saturated rings. The number of hydrogen-bond acceptors (Lipinski definition) is 0. The van der Waals surface area contributed by atoms with Crippen LogP contribution in [0.1, 0.15) is 19.8 Å². The number of hydrogen-bond donors (Lipinski definition) is 0. The number of rotatable bonds is 4. The zero-order chi connectivity index (χ0) is 8.20. The van der Waals surface area contributed by atoms with Gasteiger partial charge in [-0.1, -0.05) is 22.9 Å². The fourth-order valence-corrected chi connectivity index (χ4v) is 0.936. The van der Waals surface area contributed by atoms with Gasteiger partial charge < -0.3 is 4.48 Å². The van der Waals surface area contributed by atoms with Crippen molar-refractivity contribution in [2.45, 2.75) is 24.6 Å². The molecule has 0 aromatic rings. The Kier molecular flexibility index (Phi) is 4.54. The standard InChI is InChI=1S/C8H19BrN/c1-5-8(9)6-7-10(2,3)4/h8H,5-7H2,1-4H3/q+1. The number of halogens is 1. The molecule has 0 saturated carbocycles. The number of nitrogens with zero attached hydrogens (tertiary/aromatic N) is 1. The minimum absolute atomic E-state index is 0.713. The summed E-state index contributed by atoms with van der Waals surface area (Å²) in [6, 6.07) is 0. The summed E-state index contributed by atoms with van der Waals surface area (Å²) in [6.07, 6.45) is 2.51. The molecule has 0 N–H and O–H groups in total. The van der Waals surface area contributed by atoms with Gasteiger partial charge in [0.15, 0.2) is 0 Å². The predicted octanol–water partition coefficient (Wildman–Crippen LogP) is 2.26. The summed E-state index contributed by atoms with van der Waals surface area (Å²) < 4.78 is 1.07. The van der Waals surface area contributed by atoms with Crippen LogP contribution in [0.4, 0.5) is 0 Å². The lowest BCUT2D eigenvalue weighted by Crippen LogP contribution is -2.36. The molecular formula is C8H19BrN+. The average Bonchev–Trinajstić information content (AvgIpc) is 1.81. The highest BCUT2D eigenvalue weighted by molar-refractivity contribution is 9.09. The summed E-state index contributed by atoms with van der Waals surface area (Å²) in [5, 5.41) is 0. The molecule has 0 aromatic carbocycles. The predicted molar refractivity (Wildman–Crippen MR) is 50.5 cm³/mol. The van der Waals surface area contributed by atoms with Gasteiger partial charge in [-0.3, -0.25) is 0 Å². The molecule has 2 heteroatoms. The van der Waals surface area contributed by atoms with Crippen molar-refractivity contribution in [2.24, 2.45) is 0 Å². The van der Waals surface area contributed by atoms with Gasteiger partial charge in [-0.15, -0.1) is 0 Å². The van der Waals surface area contributed by atoms with Crippen molar-refractivity contribution >= 4 is 15.9 Å². The molecule has 0 aliphatic carbocycles.